The molecule has 7 heteroatoms. The molecule has 1 amide bonds. The summed E-state index contributed by atoms with van der Waals surface area (Å²) in [6, 6.07) is 12.6. The normalized spacial score (nSPS) is 11.1. The van der Waals surface area contributed by atoms with Gasteiger partial charge in [0.15, 0.2) is 0 Å². The van der Waals surface area contributed by atoms with Crippen LogP contribution in [0.5, 0.6) is 0 Å². The first-order valence-corrected chi connectivity index (χ1v) is 9.49. The Hall–Kier alpha value is -2.41. The maximum absolute atomic E-state index is 12.2. The number of rotatable bonds is 7. The Bertz CT molecular complexity index is 792. The number of nitrogens with one attached hydrogen (secondary N) is 1. The van der Waals surface area contributed by atoms with Crippen molar-refractivity contribution in [3.63, 3.8) is 0 Å². The zero-order valence-electron chi connectivity index (χ0n) is 13.8. The van der Waals surface area contributed by atoms with Crippen LogP contribution in [0.2, 0.25) is 0 Å². The van der Waals surface area contributed by atoms with E-state index >= 15 is 0 Å². The predicted molar refractivity (Wildman–Crippen MR) is 94.1 cm³/mol. The van der Waals surface area contributed by atoms with Gasteiger partial charge in [-0.3, -0.25) is 14.1 Å². The highest BCUT2D eigenvalue weighted by atomic mass is 32.2. The number of amides is 1. The highest BCUT2D eigenvalue weighted by Gasteiger charge is 2.22. The van der Waals surface area contributed by atoms with E-state index in [0.29, 0.717) is 17.8 Å². The first-order valence-electron chi connectivity index (χ1n) is 7.64. The number of sulfonamides is 1. The van der Waals surface area contributed by atoms with Crippen LogP contribution in [0.4, 0.5) is 5.69 Å². The molecule has 0 atom stereocenters. The van der Waals surface area contributed by atoms with Crippen LogP contribution in [-0.4, -0.2) is 32.1 Å². The first-order chi connectivity index (χ1) is 11.4. The molecule has 0 spiro atoms. The van der Waals surface area contributed by atoms with Gasteiger partial charge in [0.05, 0.1) is 24.2 Å². The second-order valence-electron chi connectivity index (χ2n) is 5.35. The number of pyridine rings is 1. The van der Waals surface area contributed by atoms with Crippen molar-refractivity contribution < 1.29 is 13.2 Å². The minimum absolute atomic E-state index is 0.257. The van der Waals surface area contributed by atoms with Crippen LogP contribution >= 0.6 is 0 Å². The molecule has 0 aliphatic carbocycles. The molecule has 0 fully saturated rings. The van der Waals surface area contributed by atoms with E-state index in [-0.39, 0.29) is 19.0 Å². The van der Waals surface area contributed by atoms with Gasteiger partial charge < -0.3 is 5.32 Å². The Morgan fingerprint density at radius 3 is 2.50 bits per heavy atom. The van der Waals surface area contributed by atoms with E-state index in [1.807, 2.05) is 25.1 Å². The summed E-state index contributed by atoms with van der Waals surface area (Å²) in [4.78, 5) is 16.3. The Balaban J connectivity index is 2.13. The summed E-state index contributed by atoms with van der Waals surface area (Å²) >= 11 is 0. The maximum Gasteiger partial charge on any atom is 0.241 e. The van der Waals surface area contributed by atoms with Gasteiger partial charge in [0.2, 0.25) is 15.9 Å². The van der Waals surface area contributed by atoms with Gasteiger partial charge in [0, 0.05) is 6.20 Å². The largest absolute Gasteiger partial charge is 0.349 e. The molecule has 128 valence electrons. The number of benzene rings is 1. The molecule has 1 N–H and O–H groups in total. The van der Waals surface area contributed by atoms with Crippen LogP contribution in [0, 0.1) is 0 Å². The van der Waals surface area contributed by atoms with E-state index in [4.69, 9.17) is 0 Å². The number of anilines is 1. The summed E-state index contributed by atoms with van der Waals surface area (Å²) in [5.41, 5.74) is 2.13. The van der Waals surface area contributed by atoms with E-state index in [1.165, 1.54) is 0 Å². The third-order valence-electron chi connectivity index (χ3n) is 3.52. The molecule has 0 aliphatic heterocycles. The molecule has 2 aromatic rings. The fourth-order valence-electron chi connectivity index (χ4n) is 2.31. The molecule has 0 aliphatic rings. The van der Waals surface area contributed by atoms with Crippen molar-refractivity contribution in [3.8, 4) is 0 Å². The van der Waals surface area contributed by atoms with Gasteiger partial charge >= 0.3 is 0 Å². The van der Waals surface area contributed by atoms with Crippen molar-refractivity contribution in [2.75, 3.05) is 17.1 Å². The highest BCUT2D eigenvalue weighted by molar-refractivity contribution is 7.92. The number of hydrogen-bond donors (Lipinski definition) is 1. The van der Waals surface area contributed by atoms with Crippen LogP contribution in [0.25, 0.3) is 0 Å². The van der Waals surface area contributed by atoms with Crippen LogP contribution in [0.1, 0.15) is 18.2 Å². The second-order valence-corrected chi connectivity index (χ2v) is 7.26. The van der Waals surface area contributed by atoms with Crippen molar-refractivity contribution in [1.29, 1.82) is 0 Å². The Labute approximate surface area is 142 Å². The molecule has 0 saturated heterocycles. The molecular formula is C17H21N3O3S. The first kappa shape index (κ1) is 17.9. The molecule has 2 rings (SSSR count). The smallest absolute Gasteiger partial charge is 0.241 e. The fraction of sp³-hybridized carbons (Fsp3) is 0.294. The molecule has 1 aromatic carbocycles. The summed E-state index contributed by atoms with van der Waals surface area (Å²) in [6.45, 7) is 1.94. The van der Waals surface area contributed by atoms with Crippen LogP contribution in [0.3, 0.4) is 0 Å². The van der Waals surface area contributed by atoms with E-state index in [1.54, 1.807) is 30.5 Å². The third-order valence-corrected chi connectivity index (χ3v) is 4.65. The topological polar surface area (TPSA) is 79.4 Å². The molecule has 1 heterocycles. The zero-order chi connectivity index (χ0) is 17.6. The molecule has 6 nitrogen and oxygen atoms in total. The second kappa shape index (κ2) is 7.92. The van der Waals surface area contributed by atoms with Crippen LogP contribution in [0.15, 0.2) is 48.7 Å². The molecule has 0 unspecified atom stereocenters. The zero-order valence-corrected chi connectivity index (χ0v) is 14.6. The lowest BCUT2D eigenvalue weighted by atomic mass is 10.1. The third kappa shape index (κ3) is 4.79. The number of hydrogen-bond acceptors (Lipinski definition) is 4. The van der Waals surface area contributed by atoms with E-state index in [2.05, 4.69) is 10.3 Å². The van der Waals surface area contributed by atoms with E-state index < -0.39 is 10.0 Å². The Morgan fingerprint density at radius 2 is 1.88 bits per heavy atom. The summed E-state index contributed by atoms with van der Waals surface area (Å²) < 4.78 is 25.4. The average Bonchev–Trinajstić information content (AvgIpc) is 2.58. The maximum atomic E-state index is 12.2. The monoisotopic (exact) mass is 347 g/mol. The van der Waals surface area contributed by atoms with Gasteiger partial charge in [-0.2, -0.15) is 0 Å². The summed E-state index contributed by atoms with van der Waals surface area (Å²) in [6.07, 6.45) is 3.42. The number of para-hydroxylation sites is 1. The lowest BCUT2D eigenvalue weighted by Gasteiger charge is -2.24. The standard InChI is InChI=1S/C17H21N3O3S/c1-3-14-8-4-5-10-16(14)20(24(2,22)23)13-17(21)19-12-15-9-6-7-11-18-15/h4-11H,3,12-13H2,1-2H3,(H,19,21). The quantitative estimate of drug-likeness (QED) is 0.827. The Morgan fingerprint density at radius 1 is 1.17 bits per heavy atom. The van der Waals surface area contributed by atoms with Crippen LogP contribution in [-0.2, 0) is 27.8 Å². The van der Waals surface area contributed by atoms with E-state index in [0.717, 1.165) is 16.1 Å². The van der Waals surface area contributed by atoms with Gasteiger partial charge in [-0.1, -0.05) is 31.2 Å². The molecule has 1 aromatic heterocycles. The Kier molecular flexibility index (Phi) is 5.92. The molecule has 0 saturated carbocycles. The van der Waals surface area contributed by atoms with Crippen LogP contribution < -0.4 is 9.62 Å². The van der Waals surface area contributed by atoms with Crippen molar-refractivity contribution in [2.24, 2.45) is 0 Å². The minimum Gasteiger partial charge on any atom is -0.349 e. The lowest BCUT2D eigenvalue weighted by molar-refractivity contribution is -0.119. The molecule has 0 bridgehead atoms. The van der Waals surface area contributed by atoms with Gasteiger partial charge in [0.1, 0.15) is 6.54 Å². The van der Waals surface area contributed by atoms with E-state index in [9.17, 15) is 13.2 Å². The molecule has 0 radical (unpaired) electrons. The SMILES string of the molecule is CCc1ccccc1N(CC(=O)NCc1ccccn1)S(C)(=O)=O. The van der Waals surface area contributed by atoms with Gasteiger partial charge in [-0.15, -0.1) is 0 Å². The van der Waals surface area contributed by atoms with Gasteiger partial charge in [-0.05, 0) is 30.2 Å². The number of carbonyl (C=O) groups excluding carboxylic acids is 1. The van der Waals surface area contributed by atoms with Crippen molar-refractivity contribution in [2.45, 2.75) is 19.9 Å². The molecule has 24 heavy (non-hydrogen) atoms. The highest BCUT2D eigenvalue weighted by Crippen LogP contribution is 2.23. The van der Waals surface area contributed by atoms with Crippen molar-refractivity contribution >= 4 is 21.6 Å². The summed E-state index contributed by atoms with van der Waals surface area (Å²) in [5.74, 6) is -0.378. The number of nitrogens with zero attached hydrogens (tertiary/aromatic N) is 2. The lowest BCUT2D eigenvalue weighted by Crippen LogP contribution is -2.40. The number of aromatic nitrogens is 1. The molecular weight excluding hydrogens is 326 g/mol. The summed E-state index contributed by atoms with van der Waals surface area (Å²) in [7, 11) is -3.57. The van der Waals surface area contributed by atoms with Gasteiger partial charge in [0.25, 0.3) is 0 Å². The average molecular weight is 347 g/mol. The van der Waals surface area contributed by atoms with Crippen molar-refractivity contribution in [1.82, 2.24) is 10.3 Å². The van der Waals surface area contributed by atoms with Crippen molar-refractivity contribution in [3.05, 3.63) is 59.9 Å². The van der Waals surface area contributed by atoms with Gasteiger partial charge in [-0.25, -0.2) is 8.42 Å². The number of carbonyl (C=O) groups is 1. The summed E-state index contributed by atoms with van der Waals surface area (Å²) in [5, 5.41) is 2.70. The minimum atomic E-state index is -3.57. The predicted octanol–water partition coefficient (Wildman–Crippen LogP) is 1.73. The number of aryl methyl sites for hydroxylation is 1. The fourth-order valence-corrected chi connectivity index (χ4v) is 3.20.